The molecule has 12 rings (SSSR count). The van der Waals surface area contributed by atoms with E-state index in [0.29, 0.717) is 0 Å². The Labute approximate surface area is 343 Å². The molecule has 0 radical (unpaired) electrons. The molecule has 0 atom stereocenters. The van der Waals surface area contributed by atoms with Crippen LogP contribution in [-0.2, 0) is 6.54 Å². The first kappa shape index (κ1) is 33.5. The zero-order chi connectivity index (χ0) is 38.9. The van der Waals surface area contributed by atoms with Crippen molar-refractivity contribution < 1.29 is 4.42 Å². The third kappa shape index (κ3) is 5.02. The van der Waals surface area contributed by atoms with Gasteiger partial charge in [0.2, 0.25) is 0 Å². The van der Waals surface area contributed by atoms with Crippen molar-refractivity contribution in [2.24, 2.45) is 0 Å². The fraction of sp³-hybridized carbons (Fsp3) is 0.0182. The Morgan fingerprint density at radius 2 is 1.17 bits per heavy atom. The van der Waals surface area contributed by atoms with E-state index in [1.807, 2.05) is 12.1 Å². The standard InChI is InChI=1S/C55H36N2OSi/c1-3-18-41(19-4-1)59(42-20-5-2-6-21-42,43-32-30-39(31-33-43)57-49-27-12-9-24-46(49)47-25-10-13-28-50(47)57)44-22-15-17-40(36-44)56-37-38-16-7-8-23-45(38)54-51(56)34-35-53-55(54)48-26-11-14-29-52(48)58-53/h1-9,11-24,26-36H,37H2. The molecule has 2 aromatic heterocycles. The zero-order valence-electron chi connectivity index (χ0n) is 32.1. The van der Waals surface area contributed by atoms with E-state index in [1.54, 1.807) is 0 Å². The number of rotatable bonds is 6. The number of hydrogen-bond donors (Lipinski definition) is 0. The quantitative estimate of drug-likeness (QED) is 0.124. The average molecular weight is 769 g/mol. The van der Waals surface area contributed by atoms with E-state index in [-0.39, 0.29) is 0 Å². The van der Waals surface area contributed by atoms with Gasteiger partial charge < -0.3 is 13.9 Å². The Kier molecular flexibility index (Phi) is 7.53. The molecule has 3 heterocycles. The Hall–Kier alpha value is -7.58. The van der Waals surface area contributed by atoms with Crippen LogP contribution in [0, 0.1) is 12.1 Å². The summed E-state index contributed by atoms with van der Waals surface area (Å²) in [5.41, 5.74) is 11.4. The van der Waals surface area contributed by atoms with E-state index in [9.17, 15) is 0 Å². The molecule has 0 spiro atoms. The molecule has 0 amide bonds. The first-order chi connectivity index (χ1) is 29.3. The minimum Gasteiger partial charge on any atom is -0.456 e. The molecule has 0 fully saturated rings. The largest absolute Gasteiger partial charge is 0.456 e. The maximum atomic E-state index is 6.44. The van der Waals surface area contributed by atoms with Crippen LogP contribution >= 0.6 is 0 Å². The molecule has 0 saturated carbocycles. The second-order valence-corrected chi connectivity index (χ2v) is 19.3. The second kappa shape index (κ2) is 13.2. The highest BCUT2D eigenvalue weighted by atomic mass is 28.3. The van der Waals surface area contributed by atoms with Crippen molar-refractivity contribution in [3.05, 3.63) is 224 Å². The number of nitrogens with zero attached hydrogens (tertiary/aromatic N) is 2. The van der Waals surface area contributed by atoms with Crippen molar-refractivity contribution in [1.82, 2.24) is 4.57 Å². The van der Waals surface area contributed by atoms with Gasteiger partial charge in [0.25, 0.3) is 0 Å². The number of aromatic nitrogens is 1. The van der Waals surface area contributed by atoms with Crippen molar-refractivity contribution in [1.29, 1.82) is 0 Å². The number of para-hydroxylation sites is 2. The molecule has 3 nitrogen and oxygen atoms in total. The summed E-state index contributed by atoms with van der Waals surface area (Å²) in [5.74, 6) is 0. The van der Waals surface area contributed by atoms with Gasteiger partial charge in [-0.25, -0.2) is 0 Å². The van der Waals surface area contributed by atoms with Crippen molar-refractivity contribution >= 4 is 83.9 Å². The highest BCUT2D eigenvalue weighted by Crippen LogP contribution is 2.48. The van der Waals surface area contributed by atoms with Gasteiger partial charge in [-0.2, -0.15) is 0 Å². The van der Waals surface area contributed by atoms with Crippen LogP contribution in [0.5, 0.6) is 0 Å². The number of benzene rings is 8. The monoisotopic (exact) mass is 768 g/mol. The summed E-state index contributed by atoms with van der Waals surface area (Å²) in [7, 11) is -2.90. The molecule has 4 heteroatoms. The minimum atomic E-state index is -2.90. The molecule has 9 aromatic carbocycles. The molecule has 0 unspecified atom stereocenters. The van der Waals surface area contributed by atoms with Crippen LogP contribution in [0.1, 0.15) is 5.56 Å². The number of hydrogen-bond acceptors (Lipinski definition) is 2. The fourth-order valence-electron chi connectivity index (χ4n) is 9.90. The van der Waals surface area contributed by atoms with Crippen molar-refractivity contribution in [2.75, 3.05) is 4.90 Å². The molecule has 11 aromatic rings. The molecule has 0 bridgehead atoms. The van der Waals surface area contributed by atoms with E-state index >= 15 is 0 Å². The van der Waals surface area contributed by atoms with E-state index in [0.717, 1.165) is 45.2 Å². The summed E-state index contributed by atoms with van der Waals surface area (Å²) in [6.45, 7) is 0.766. The van der Waals surface area contributed by atoms with E-state index in [4.69, 9.17) is 4.42 Å². The SMILES string of the molecule is c1ccc2c(c#1)c1ccccc1n2-c1ccc([Si](c2ccccc2)(c2ccccc2)c2cccc(N3Cc4ccccc4-c4c3ccc3oc5ccccc5c43)c2)cc1. The number of anilines is 2. The molecular formula is C55H36N2OSi. The lowest BCUT2D eigenvalue weighted by Gasteiger charge is -2.37. The molecule has 1 aliphatic heterocycles. The molecule has 59 heavy (non-hydrogen) atoms. The predicted octanol–water partition coefficient (Wildman–Crippen LogP) is 11.0. The Bertz CT molecular complexity index is 3270. The molecule has 0 aliphatic carbocycles. The second-order valence-electron chi connectivity index (χ2n) is 15.5. The van der Waals surface area contributed by atoms with Gasteiger partial charge in [0.15, 0.2) is 8.07 Å². The first-order valence-electron chi connectivity index (χ1n) is 20.2. The first-order valence-corrected chi connectivity index (χ1v) is 22.2. The van der Waals surface area contributed by atoms with Crippen LogP contribution in [0.2, 0.25) is 0 Å². The Morgan fingerprint density at radius 1 is 0.492 bits per heavy atom. The van der Waals surface area contributed by atoms with Crippen LogP contribution < -0.4 is 25.6 Å². The van der Waals surface area contributed by atoms with Crippen LogP contribution in [0.15, 0.2) is 211 Å². The van der Waals surface area contributed by atoms with Crippen LogP contribution in [0.4, 0.5) is 11.4 Å². The molecule has 1 aliphatic rings. The topological polar surface area (TPSA) is 21.3 Å². The average Bonchev–Trinajstić information content (AvgIpc) is 3.86. The van der Waals surface area contributed by atoms with Gasteiger partial charge >= 0.3 is 0 Å². The summed E-state index contributed by atoms with van der Waals surface area (Å²) in [6, 6.07) is 82.2. The van der Waals surface area contributed by atoms with E-state index < -0.39 is 8.07 Å². The summed E-state index contributed by atoms with van der Waals surface area (Å²) >= 11 is 0. The Morgan fingerprint density at radius 3 is 1.98 bits per heavy atom. The minimum absolute atomic E-state index is 0.766. The van der Waals surface area contributed by atoms with E-state index in [2.05, 4.69) is 216 Å². The van der Waals surface area contributed by atoms with Crippen molar-refractivity contribution in [3.63, 3.8) is 0 Å². The lowest BCUT2D eigenvalue weighted by atomic mass is 9.89. The lowest BCUT2D eigenvalue weighted by Crippen LogP contribution is -2.74. The lowest BCUT2D eigenvalue weighted by molar-refractivity contribution is 0.669. The molecule has 0 saturated heterocycles. The van der Waals surface area contributed by atoms with Crippen LogP contribution in [0.3, 0.4) is 0 Å². The van der Waals surface area contributed by atoms with Gasteiger partial charge in [0.05, 0.1) is 22.1 Å². The predicted molar refractivity (Wildman–Crippen MR) is 247 cm³/mol. The molecule has 0 N–H and O–H groups in total. The maximum absolute atomic E-state index is 6.44. The van der Waals surface area contributed by atoms with E-state index in [1.165, 1.54) is 59.6 Å². The van der Waals surface area contributed by atoms with Crippen LogP contribution in [-0.4, -0.2) is 12.6 Å². The highest BCUT2D eigenvalue weighted by Gasteiger charge is 2.42. The summed E-state index contributed by atoms with van der Waals surface area (Å²) in [4.78, 5) is 2.51. The maximum Gasteiger partial charge on any atom is 0.179 e. The molecule has 276 valence electrons. The third-order valence-corrected chi connectivity index (χ3v) is 17.2. The van der Waals surface area contributed by atoms with Crippen molar-refractivity contribution in [3.8, 4) is 16.8 Å². The van der Waals surface area contributed by atoms with Crippen LogP contribution in [0.25, 0.3) is 60.6 Å². The van der Waals surface area contributed by atoms with Gasteiger partial charge in [-0.15, -0.1) is 0 Å². The number of furan rings is 1. The smallest absolute Gasteiger partial charge is 0.179 e. The third-order valence-electron chi connectivity index (χ3n) is 12.4. The van der Waals surface area contributed by atoms with Gasteiger partial charge in [-0.05, 0) is 92.5 Å². The van der Waals surface area contributed by atoms with Gasteiger partial charge in [0, 0.05) is 39.6 Å². The Balaban J connectivity index is 1.08. The molecular weight excluding hydrogens is 733 g/mol. The summed E-state index contributed by atoms with van der Waals surface area (Å²) in [6.07, 6.45) is 0. The highest BCUT2D eigenvalue weighted by molar-refractivity contribution is 7.19. The summed E-state index contributed by atoms with van der Waals surface area (Å²) in [5, 5.41) is 9.92. The van der Waals surface area contributed by atoms with Gasteiger partial charge in [0.1, 0.15) is 11.2 Å². The normalized spacial score (nSPS) is 12.5. The fourth-order valence-corrected chi connectivity index (χ4v) is 14.7. The van der Waals surface area contributed by atoms with Gasteiger partial charge in [-0.1, -0.05) is 158 Å². The van der Waals surface area contributed by atoms with Crippen molar-refractivity contribution in [2.45, 2.75) is 6.54 Å². The summed E-state index contributed by atoms with van der Waals surface area (Å²) < 4.78 is 8.80. The van der Waals surface area contributed by atoms with Gasteiger partial charge in [-0.3, -0.25) is 0 Å². The number of fused-ring (bicyclic) bond motifs is 10. The zero-order valence-corrected chi connectivity index (χ0v) is 33.1.